The van der Waals surface area contributed by atoms with Crippen LogP contribution in [0.3, 0.4) is 0 Å². The maximum atomic E-state index is 10.4. The molecule has 0 aliphatic carbocycles. The molecule has 2 N–H and O–H groups in total. The van der Waals surface area contributed by atoms with Crippen LogP contribution in [-0.4, -0.2) is 37.2 Å². The summed E-state index contributed by atoms with van der Waals surface area (Å²) in [6.45, 7) is 6.14. The van der Waals surface area contributed by atoms with E-state index in [-0.39, 0.29) is 5.92 Å². The maximum Gasteiger partial charge on any atom is 0.355 e. The highest BCUT2D eigenvalue weighted by Gasteiger charge is 2.29. The number of carboxylic acids is 2. The van der Waals surface area contributed by atoms with Crippen molar-refractivity contribution < 1.29 is 32.4 Å². The summed E-state index contributed by atoms with van der Waals surface area (Å²) in [4.78, 5) is 20.8. The summed E-state index contributed by atoms with van der Waals surface area (Å²) >= 11 is 0. The molecule has 7 nitrogen and oxygen atoms in total. The lowest BCUT2D eigenvalue weighted by Crippen LogP contribution is -2.29. The van der Waals surface area contributed by atoms with Crippen LogP contribution in [0, 0.1) is 11.3 Å². The average molecular weight is 389 g/mol. The quantitative estimate of drug-likeness (QED) is 0.409. The van der Waals surface area contributed by atoms with E-state index in [0.717, 1.165) is 12.8 Å². The molecule has 0 aromatic heterocycles. The van der Waals surface area contributed by atoms with Crippen molar-refractivity contribution in [3.63, 3.8) is 0 Å². The third kappa shape index (κ3) is 16.0. The molecule has 1 unspecified atom stereocenters. The third-order valence-electron chi connectivity index (χ3n) is 3.30. The van der Waals surface area contributed by atoms with Crippen LogP contribution in [0.4, 0.5) is 0 Å². The van der Waals surface area contributed by atoms with Gasteiger partial charge in [0.2, 0.25) is 0 Å². The van der Waals surface area contributed by atoms with Gasteiger partial charge in [-0.3, -0.25) is 13.8 Å². The highest BCUT2D eigenvalue weighted by molar-refractivity contribution is 8.09. The number of hydrogen-bond donors (Lipinski definition) is 2. The first-order valence-electron chi connectivity index (χ1n) is 7.88. The van der Waals surface area contributed by atoms with E-state index >= 15 is 0 Å². The van der Waals surface area contributed by atoms with Gasteiger partial charge in [0.05, 0.1) is 17.9 Å². The molecule has 0 saturated heterocycles. The Bertz CT molecular complexity index is 474. The van der Waals surface area contributed by atoms with E-state index in [1.165, 1.54) is 39.5 Å². The van der Waals surface area contributed by atoms with Crippen LogP contribution < -0.4 is 0 Å². The lowest BCUT2D eigenvalue weighted by atomic mass is 9.96. The number of carbonyl (C=O) groups is 2. The monoisotopic (exact) mass is 388 g/mol. The summed E-state index contributed by atoms with van der Waals surface area (Å²) in [6, 6.07) is 0. The molecule has 24 heavy (non-hydrogen) atoms. The van der Waals surface area contributed by atoms with E-state index in [0.29, 0.717) is 0 Å². The molecular weight excluding hydrogens is 360 g/mol. The molecule has 0 radical (unpaired) electrons. The molecular formula is C15H29ClO7S. The SMILES string of the molecule is CC(C)(COS(=O)(=O)Cl)C(=O)O.CCCCCCCC(C)C(=O)O. The smallest absolute Gasteiger partial charge is 0.355 e. The number of halogens is 1. The fourth-order valence-electron chi connectivity index (χ4n) is 1.46. The summed E-state index contributed by atoms with van der Waals surface area (Å²) in [6.07, 6.45) is 6.86. The fourth-order valence-corrected chi connectivity index (χ4v) is 2.03. The zero-order valence-electron chi connectivity index (χ0n) is 14.7. The zero-order valence-corrected chi connectivity index (χ0v) is 16.3. The minimum Gasteiger partial charge on any atom is -0.481 e. The lowest BCUT2D eigenvalue weighted by molar-refractivity contribution is -0.148. The van der Waals surface area contributed by atoms with Crippen molar-refractivity contribution >= 4 is 32.0 Å². The minimum absolute atomic E-state index is 0.161. The Hall–Kier alpha value is -0.860. The van der Waals surface area contributed by atoms with E-state index in [1.54, 1.807) is 6.92 Å². The Morgan fingerprint density at radius 2 is 1.62 bits per heavy atom. The lowest BCUT2D eigenvalue weighted by Gasteiger charge is -2.16. The molecule has 0 aliphatic rings. The van der Waals surface area contributed by atoms with Gasteiger partial charge in [-0.25, -0.2) is 0 Å². The summed E-state index contributed by atoms with van der Waals surface area (Å²) in [5.74, 6) is -1.97. The first-order valence-corrected chi connectivity index (χ1v) is 10.1. The summed E-state index contributed by atoms with van der Waals surface area (Å²) < 4.78 is 24.6. The van der Waals surface area contributed by atoms with Gasteiger partial charge in [0.15, 0.2) is 0 Å². The number of carboxylic acid groups (broad SMARTS) is 2. The Labute approximate surface area is 149 Å². The van der Waals surface area contributed by atoms with Crippen molar-refractivity contribution in [1.29, 1.82) is 0 Å². The average Bonchev–Trinajstić information content (AvgIpc) is 2.44. The molecule has 0 aromatic carbocycles. The van der Waals surface area contributed by atoms with E-state index in [4.69, 9.17) is 20.9 Å². The van der Waals surface area contributed by atoms with Gasteiger partial charge >= 0.3 is 21.3 Å². The Morgan fingerprint density at radius 3 is 2.00 bits per heavy atom. The third-order valence-corrected chi connectivity index (χ3v) is 3.97. The van der Waals surface area contributed by atoms with Gasteiger partial charge in [0.25, 0.3) is 0 Å². The van der Waals surface area contributed by atoms with Crippen molar-refractivity contribution in [2.75, 3.05) is 6.61 Å². The largest absolute Gasteiger partial charge is 0.481 e. The number of aliphatic carboxylic acids is 2. The summed E-state index contributed by atoms with van der Waals surface area (Å²) in [5.41, 5.74) is -1.26. The topological polar surface area (TPSA) is 118 Å². The molecule has 0 aromatic rings. The van der Waals surface area contributed by atoms with Crippen LogP contribution in [0.15, 0.2) is 0 Å². The van der Waals surface area contributed by atoms with Crippen molar-refractivity contribution in [3.05, 3.63) is 0 Å². The van der Waals surface area contributed by atoms with Gasteiger partial charge in [-0.2, -0.15) is 8.42 Å². The number of hydrogen-bond acceptors (Lipinski definition) is 5. The minimum atomic E-state index is -4.08. The predicted octanol–water partition coefficient (Wildman–Crippen LogP) is 3.67. The molecule has 0 amide bonds. The number of rotatable bonds is 11. The Kier molecular flexibility index (Phi) is 13.2. The fraction of sp³-hybridized carbons (Fsp3) is 0.867. The predicted molar refractivity (Wildman–Crippen MR) is 92.3 cm³/mol. The molecule has 0 bridgehead atoms. The first kappa shape index (κ1) is 25.4. The van der Waals surface area contributed by atoms with E-state index in [1.807, 2.05) is 0 Å². The van der Waals surface area contributed by atoms with Crippen LogP contribution in [0.5, 0.6) is 0 Å². The van der Waals surface area contributed by atoms with Gasteiger partial charge in [0.1, 0.15) is 0 Å². The summed E-state index contributed by atoms with van der Waals surface area (Å²) in [5, 5.41) is 17.1. The second-order valence-electron chi connectivity index (χ2n) is 6.29. The van der Waals surface area contributed by atoms with Gasteiger partial charge in [0, 0.05) is 10.7 Å². The Balaban J connectivity index is 0. The highest BCUT2D eigenvalue weighted by Crippen LogP contribution is 2.17. The van der Waals surface area contributed by atoms with E-state index in [9.17, 15) is 18.0 Å². The molecule has 0 heterocycles. The van der Waals surface area contributed by atoms with Crippen LogP contribution in [0.25, 0.3) is 0 Å². The zero-order chi connectivity index (χ0) is 19.4. The van der Waals surface area contributed by atoms with Crippen molar-refractivity contribution in [2.24, 2.45) is 11.3 Å². The van der Waals surface area contributed by atoms with Gasteiger partial charge in [-0.15, -0.1) is 0 Å². The Morgan fingerprint density at radius 1 is 1.12 bits per heavy atom. The molecule has 0 spiro atoms. The highest BCUT2D eigenvalue weighted by atomic mass is 35.7. The molecule has 0 saturated carbocycles. The second-order valence-corrected chi connectivity index (χ2v) is 8.44. The van der Waals surface area contributed by atoms with Crippen LogP contribution in [0.1, 0.15) is 66.2 Å². The van der Waals surface area contributed by atoms with Gasteiger partial charge in [-0.05, 0) is 20.3 Å². The van der Waals surface area contributed by atoms with Gasteiger partial charge in [-0.1, -0.05) is 46.0 Å². The van der Waals surface area contributed by atoms with E-state index in [2.05, 4.69) is 11.1 Å². The van der Waals surface area contributed by atoms with Crippen molar-refractivity contribution in [3.8, 4) is 0 Å². The molecule has 9 heteroatoms. The van der Waals surface area contributed by atoms with Crippen LogP contribution >= 0.6 is 10.7 Å². The van der Waals surface area contributed by atoms with Crippen molar-refractivity contribution in [2.45, 2.75) is 66.2 Å². The van der Waals surface area contributed by atoms with Crippen LogP contribution in [0.2, 0.25) is 0 Å². The molecule has 1 atom stereocenters. The normalized spacial score (nSPS) is 12.9. The number of unbranched alkanes of at least 4 members (excludes halogenated alkanes) is 4. The molecule has 0 rings (SSSR count). The molecule has 144 valence electrons. The van der Waals surface area contributed by atoms with E-state index < -0.39 is 33.3 Å². The van der Waals surface area contributed by atoms with Crippen molar-refractivity contribution in [1.82, 2.24) is 0 Å². The molecule has 0 aliphatic heterocycles. The van der Waals surface area contributed by atoms with Crippen LogP contribution in [-0.2, 0) is 23.1 Å². The first-order chi connectivity index (χ1) is 10.8. The maximum absolute atomic E-state index is 10.4. The molecule has 0 fully saturated rings. The second kappa shape index (κ2) is 12.5. The van der Waals surface area contributed by atoms with Gasteiger partial charge < -0.3 is 10.2 Å². The standard InChI is InChI=1S/C10H20O2.C5H9ClO5S/c1-3-4-5-6-7-8-9(2)10(11)12;1-5(2,4(7)8)3-11-12(6,9)10/h9H,3-8H2,1-2H3,(H,11,12);3H2,1-2H3,(H,7,8). The summed E-state index contributed by atoms with van der Waals surface area (Å²) in [7, 11) is 0.619.